The van der Waals surface area contributed by atoms with Crippen molar-refractivity contribution < 1.29 is 10.0 Å². The number of hydrogen-bond donors (Lipinski definition) is 2. The van der Waals surface area contributed by atoms with Crippen molar-refractivity contribution in [3.63, 3.8) is 0 Å². The summed E-state index contributed by atoms with van der Waals surface area (Å²) in [4.78, 5) is 16.6. The number of hydrogen-bond acceptors (Lipinski definition) is 6. The van der Waals surface area contributed by atoms with Crippen molar-refractivity contribution in [3.8, 4) is 0 Å². The van der Waals surface area contributed by atoms with Gasteiger partial charge in [-0.1, -0.05) is 12.8 Å². The number of rotatable bonds is 5. The molecule has 1 fully saturated rings. The Labute approximate surface area is 117 Å². The SMILES string of the molecule is CNc1ccc([N+](=O)[O-])c(N(C)CC2(O)CCCC2)n1. The van der Waals surface area contributed by atoms with Gasteiger partial charge < -0.3 is 15.3 Å². The van der Waals surface area contributed by atoms with Crippen LogP contribution in [0, 0.1) is 10.1 Å². The van der Waals surface area contributed by atoms with E-state index in [1.54, 1.807) is 25.1 Å². The van der Waals surface area contributed by atoms with Crippen LogP contribution in [0.25, 0.3) is 0 Å². The molecule has 0 bridgehead atoms. The molecular formula is C13H20N4O3. The topological polar surface area (TPSA) is 91.5 Å². The molecule has 110 valence electrons. The Morgan fingerprint density at radius 3 is 2.70 bits per heavy atom. The molecule has 0 aliphatic heterocycles. The summed E-state index contributed by atoms with van der Waals surface area (Å²) in [5, 5.41) is 24.4. The first-order chi connectivity index (χ1) is 9.45. The quantitative estimate of drug-likeness (QED) is 0.631. The summed E-state index contributed by atoms with van der Waals surface area (Å²) in [6.45, 7) is 0.355. The molecule has 0 atom stereocenters. The minimum atomic E-state index is -0.764. The van der Waals surface area contributed by atoms with E-state index in [0.717, 1.165) is 25.7 Å². The second-order valence-corrected chi connectivity index (χ2v) is 5.33. The average Bonchev–Trinajstić information content (AvgIpc) is 2.84. The van der Waals surface area contributed by atoms with Gasteiger partial charge in [-0.3, -0.25) is 10.1 Å². The zero-order valence-corrected chi connectivity index (χ0v) is 11.8. The first-order valence-electron chi connectivity index (χ1n) is 6.72. The largest absolute Gasteiger partial charge is 0.388 e. The van der Waals surface area contributed by atoms with Crippen LogP contribution in [0.4, 0.5) is 17.3 Å². The molecule has 0 amide bonds. The van der Waals surface area contributed by atoms with Gasteiger partial charge >= 0.3 is 5.69 Å². The molecule has 1 saturated carbocycles. The van der Waals surface area contributed by atoms with Crippen LogP contribution in [0.15, 0.2) is 12.1 Å². The summed E-state index contributed by atoms with van der Waals surface area (Å²) in [6.07, 6.45) is 3.46. The Morgan fingerprint density at radius 1 is 1.50 bits per heavy atom. The average molecular weight is 280 g/mol. The summed E-state index contributed by atoms with van der Waals surface area (Å²) in [5.74, 6) is 0.845. The van der Waals surface area contributed by atoms with Gasteiger partial charge in [-0.15, -0.1) is 0 Å². The van der Waals surface area contributed by atoms with E-state index < -0.39 is 10.5 Å². The lowest BCUT2D eigenvalue weighted by atomic mass is 10.0. The number of nitro groups is 1. The Hall–Kier alpha value is -1.89. The third kappa shape index (κ3) is 2.98. The first-order valence-corrected chi connectivity index (χ1v) is 6.72. The lowest BCUT2D eigenvalue weighted by Gasteiger charge is -2.29. The van der Waals surface area contributed by atoms with Gasteiger partial charge in [0.05, 0.1) is 10.5 Å². The van der Waals surface area contributed by atoms with Gasteiger partial charge in [0.15, 0.2) is 0 Å². The Balaban J connectivity index is 2.27. The number of aliphatic hydroxyl groups is 1. The molecule has 1 aromatic rings. The van der Waals surface area contributed by atoms with Crippen LogP contribution in [0.5, 0.6) is 0 Å². The van der Waals surface area contributed by atoms with Crippen molar-refractivity contribution in [2.75, 3.05) is 30.9 Å². The molecule has 0 aromatic carbocycles. The number of anilines is 2. The fourth-order valence-electron chi connectivity index (χ4n) is 2.71. The van der Waals surface area contributed by atoms with Crippen molar-refractivity contribution in [1.29, 1.82) is 0 Å². The highest BCUT2D eigenvalue weighted by molar-refractivity contribution is 5.61. The predicted molar refractivity (Wildman–Crippen MR) is 77.1 cm³/mol. The maximum atomic E-state index is 11.1. The van der Waals surface area contributed by atoms with E-state index >= 15 is 0 Å². The summed E-state index contributed by atoms with van der Waals surface area (Å²) in [6, 6.07) is 3.00. The van der Waals surface area contributed by atoms with E-state index in [1.807, 2.05) is 0 Å². The second kappa shape index (κ2) is 5.62. The van der Waals surface area contributed by atoms with Crippen LogP contribution in [-0.4, -0.2) is 41.3 Å². The minimum absolute atomic E-state index is 0.0481. The molecule has 20 heavy (non-hydrogen) atoms. The van der Waals surface area contributed by atoms with Gasteiger partial charge in [0.25, 0.3) is 0 Å². The van der Waals surface area contributed by atoms with Gasteiger partial charge in [0, 0.05) is 26.7 Å². The summed E-state index contributed by atoms with van der Waals surface area (Å²) >= 11 is 0. The van der Waals surface area contributed by atoms with Gasteiger partial charge in [-0.05, 0) is 18.9 Å². The number of likely N-dealkylation sites (N-methyl/N-ethyl adjacent to an activating group) is 1. The summed E-state index contributed by atoms with van der Waals surface area (Å²) in [5.41, 5.74) is -0.812. The van der Waals surface area contributed by atoms with Crippen molar-refractivity contribution in [1.82, 2.24) is 4.98 Å². The van der Waals surface area contributed by atoms with Crippen molar-refractivity contribution in [2.24, 2.45) is 0 Å². The fraction of sp³-hybridized carbons (Fsp3) is 0.615. The smallest absolute Gasteiger partial charge is 0.311 e. The summed E-state index contributed by atoms with van der Waals surface area (Å²) < 4.78 is 0. The molecule has 7 heteroatoms. The molecule has 0 radical (unpaired) electrons. The van der Waals surface area contributed by atoms with Crippen LogP contribution in [-0.2, 0) is 0 Å². The lowest BCUT2D eigenvalue weighted by molar-refractivity contribution is -0.384. The van der Waals surface area contributed by atoms with Crippen LogP contribution in [0.3, 0.4) is 0 Å². The molecule has 0 spiro atoms. The third-order valence-corrected chi connectivity index (χ3v) is 3.73. The normalized spacial score (nSPS) is 16.9. The second-order valence-electron chi connectivity index (χ2n) is 5.33. The highest BCUT2D eigenvalue weighted by Gasteiger charge is 2.34. The van der Waals surface area contributed by atoms with Crippen molar-refractivity contribution in [3.05, 3.63) is 22.2 Å². The first kappa shape index (κ1) is 14.5. The highest BCUT2D eigenvalue weighted by Crippen LogP contribution is 2.33. The summed E-state index contributed by atoms with van der Waals surface area (Å²) in [7, 11) is 3.44. The van der Waals surface area contributed by atoms with Crippen molar-refractivity contribution >= 4 is 17.3 Å². The lowest BCUT2D eigenvalue weighted by Crippen LogP contribution is -2.39. The van der Waals surface area contributed by atoms with Crippen LogP contribution in [0.1, 0.15) is 25.7 Å². The molecule has 1 heterocycles. The molecule has 1 aromatic heterocycles. The van der Waals surface area contributed by atoms with E-state index in [-0.39, 0.29) is 11.5 Å². The number of nitrogens with one attached hydrogen (secondary N) is 1. The monoisotopic (exact) mass is 280 g/mol. The molecule has 7 nitrogen and oxygen atoms in total. The molecule has 1 aliphatic carbocycles. The van der Waals surface area contributed by atoms with E-state index in [4.69, 9.17) is 0 Å². The number of aromatic nitrogens is 1. The predicted octanol–water partition coefficient (Wildman–Crippen LogP) is 1.77. The molecule has 0 unspecified atom stereocenters. The van der Waals surface area contributed by atoms with E-state index in [0.29, 0.717) is 12.4 Å². The maximum Gasteiger partial charge on any atom is 0.311 e. The van der Waals surface area contributed by atoms with Gasteiger partial charge in [-0.25, -0.2) is 4.98 Å². The third-order valence-electron chi connectivity index (χ3n) is 3.73. The Morgan fingerprint density at radius 2 is 2.15 bits per heavy atom. The van der Waals surface area contributed by atoms with Crippen LogP contribution >= 0.6 is 0 Å². The van der Waals surface area contributed by atoms with Gasteiger partial charge in [0.2, 0.25) is 5.82 Å². The van der Waals surface area contributed by atoms with Crippen LogP contribution < -0.4 is 10.2 Å². The van der Waals surface area contributed by atoms with E-state index in [1.165, 1.54) is 6.07 Å². The van der Waals surface area contributed by atoms with E-state index in [2.05, 4.69) is 10.3 Å². The molecule has 0 saturated heterocycles. The number of nitrogens with zero attached hydrogens (tertiary/aromatic N) is 3. The molecule has 2 N–H and O–H groups in total. The molecular weight excluding hydrogens is 260 g/mol. The zero-order chi connectivity index (χ0) is 14.8. The Kier molecular flexibility index (Phi) is 4.08. The molecule has 1 aliphatic rings. The maximum absolute atomic E-state index is 11.1. The van der Waals surface area contributed by atoms with Crippen molar-refractivity contribution in [2.45, 2.75) is 31.3 Å². The molecule has 2 rings (SSSR count). The minimum Gasteiger partial charge on any atom is -0.388 e. The zero-order valence-electron chi connectivity index (χ0n) is 11.8. The highest BCUT2D eigenvalue weighted by atomic mass is 16.6. The fourth-order valence-corrected chi connectivity index (χ4v) is 2.71. The standard InChI is InChI=1S/C13H20N4O3/c1-14-11-6-5-10(17(19)20)12(15-11)16(2)9-13(18)7-3-4-8-13/h5-6,18H,3-4,7-9H2,1-2H3,(H,14,15). The van der Waals surface area contributed by atoms with Gasteiger partial charge in [-0.2, -0.15) is 0 Å². The number of pyridine rings is 1. The van der Waals surface area contributed by atoms with Gasteiger partial charge in [0.1, 0.15) is 5.82 Å². The Bertz CT molecular complexity index is 500. The van der Waals surface area contributed by atoms with Crippen LogP contribution in [0.2, 0.25) is 0 Å². The van der Waals surface area contributed by atoms with E-state index in [9.17, 15) is 15.2 Å².